The summed E-state index contributed by atoms with van der Waals surface area (Å²) in [5, 5.41) is 2.49. The van der Waals surface area contributed by atoms with Crippen LogP contribution in [-0.4, -0.2) is 25.2 Å². The molecule has 8 heteroatoms. The van der Waals surface area contributed by atoms with E-state index in [1.807, 2.05) is 0 Å². The molecule has 0 aliphatic heterocycles. The van der Waals surface area contributed by atoms with Gasteiger partial charge in [-0.3, -0.25) is 0 Å². The normalized spacial score (nSPS) is 11.1. The molecule has 23 heavy (non-hydrogen) atoms. The van der Waals surface area contributed by atoms with Crippen molar-refractivity contribution in [2.24, 2.45) is 0 Å². The first-order valence-corrected chi connectivity index (χ1v) is 7.65. The van der Waals surface area contributed by atoms with Crippen LogP contribution in [0.25, 0.3) is 0 Å². The molecular formula is C15H16BrF2NO4. The molecule has 0 saturated carbocycles. The van der Waals surface area contributed by atoms with Gasteiger partial charge in [-0.25, -0.2) is 18.4 Å². The topological polar surface area (TPSA) is 64.6 Å². The summed E-state index contributed by atoms with van der Waals surface area (Å²) in [6.07, 6.45) is 1.58. The zero-order chi connectivity index (χ0) is 17.4. The second-order valence-electron chi connectivity index (χ2n) is 4.31. The molecule has 0 aliphatic carbocycles. The molecule has 5 nitrogen and oxygen atoms in total. The number of nitrogens with one attached hydrogen (secondary N) is 1. The zero-order valence-electron chi connectivity index (χ0n) is 12.6. The fourth-order valence-corrected chi connectivity index (χ4v) is 1.71. The van der Waals surface area contributed by atoms with Gasteiger partial charge in [0.1, 0.15) is 11.6 Å². The second kappa shape index (κ2) is 9.24. The van der Waals surface area contributed by atoms with E-state index >= 15 is 0 Å². The van der Waals surface area contributed by atoms with Gasteiger partial charge in [-0.2, -0.15) is 0 Å². The van der Waals surface area contributed by atoms with E-state index in [0.717, 1.165) is 18.3 Å². The standard InChI is InChI=1S/C15H16BrF2NO4/c1-3-5-23-15(21)10(14(20)22-4-2)8-19-9-6-11(17)13(16)12(18)7-9/h6-8,19H,3-5H2,1-2H3/b10-8+. The number of rotatable bonds is 7. The van der Waals surface area contributed by atoms with Gasteiger partial charge in [0.15, 0.2) is 5.57 Å². The highest BCUT2D eigenvalue weighted by Crippen LogP contribution is 2.23. The third-order valence-electron chi connectivity index (χ3n) is 2.52. The molecule has 0 radical (unpaired) electrons. The van der Waals surface area contributed by atoms with Crippen molar-refractivity contribution in [2.45, 2.75) is 20.3 Å². The van der Waals surface area contributed by atoms with E-state index in [0.29, 0.717) is 6.42 Å². The lowest BCUT2D eigenvalue weighted by Crippen LogP contribution is -2.20. The van der Waals surface area contributed by atoms with E-state index in [1.165, 1.54) is 0 Å². The number of ether oxygens (including phenoxy) is 2. The Bertz CT molecular complexity index is 596. The number of anilines is 1. The zero-order valence-corrected chi connectivity index (χ0v) is 14.2. The Balaban J connectivity index is 2.99. The van der Waals surface area contributed by atoms with E-state index in [1.54, 1.807) is 13.8 Å². The van der Waals surface area contributed by atoms with Crippen molar-refractivity contribution < 1.29 is 27.8 Å². The maximum Gasteiger partial charge on any atom is 0.347 e. The Morgan fingerprint density at radius 1 is 1.17 bits per heavy atom. The Labute approximate surface area is 140 Å². The van der Waals surface area contributed by atoms with Crippen molar-refractivity contribution in [2.75, 3.05) is 18.5 Å². The van der Waals surface area contributed by atoms with Crippen LogP contribution in [0.4, 0.5) is 14.5 Å². The van der Waals surface area contributed by atoms with Crippen LogP contribution >= 0.6 is 15.9 Å². The summed E-state index contributed by atoms with van der Waals surface area (Å²) >= 11 is 2.75. The predicted molar refractivity (Wildman–Crippen MR) is 83.6 cm³/mol. The SMILES string of the molecule is CCCOC(=O)/C(=C/Nc1cc(F)c(Br)c(F)c1)C(=O)OCC. The first-order valence-electron chi connectivity index (χ1n) is 6.86. The average Bonchev–Trinajstić information content (AvgIpc) is 2.50. The first kappa shape index (κ1) is 19.1. The van der Waals surface area contributed by atoms with E-state index in [9.17, 15) is 18.4 Å². The van der Waals surface area contributed by atoms with Gasteiger partial charge in [-0.05, 0) is 41.4 Å². The van der Waals surface area contributed by atoms with Crippen LogP contribution in [0, 0.1) is 11.6 Å². The second-order valence-corrected chi connectivity index (χ2v) is 5.11. The number of carbonyl (C=O) groups is 2. The van der Waals surface area contributed by atoms with Gasteiger partial charge in [0, 0.05) is 11.9 Å². The van der Waals surface area contributed by atoms with Gasteiger partial charge in [-0.15, -0.1) is 0 Å². The molecule has 0 bridgehead atoms. The summed E-state index contributed by atoms with van der Waals surface area (Å²) in [5.41, 5.74) is -0.377. The number of hydrogen-bond acceptors (Lipinski definition) is 5. The third-order valence-corrected chi connectivity index (χ3v) is 3.28. The Kier molecular flexibility index (Phi) is 7.67. The maximum atomic E-state index is 13.4. The van der Waals surface area contributed by atoms with Gasteiger partial charge in [0.05, 0.1) is 17.7 Å². The summed E-state index contributed by atoms with van der Waals surface area (Å²) in [6, 6.07) is 2.01. The van der Waals surface area contributed by atoms with Crippen molar-refractivity contribution in [1.29, 1.82) is 0 Å². The average molecular weight is 392 g/mol. The van der Waals surface area contributed by atoms with E-state index in [4.69, 9.17) is 9.47 Å². The molecule has 0 saturated heterocycles. The lowest BCUT2D eigenvalue weighted by atomic mass is 10.2. The monoisotopic (exact) mass is 391 g/mol. The highest BCUT2D eigenvalue weighted by atomic mass is 79.9. The number of esters is 2. The molecule has 0 aromatic heterocycles. The van der Waals surface area contributed by atoms with E-state index < -0.39 is 29.1 Å². The molecule has 1 aromatic rings. The van der Waals surface area contributed by atoms with Crippen molar-refractivity contribution in [3.63, 3.8) is 0 Å². The highest BCUT2D eigenvalue weighted by Gasteiger charge is 2.21. The maximum absolute atomic E-state index is 13.4. The van der Waals surface area contributed by atoms with Crippen molar-refractivity contribution >= 4 is 33.6 Å². The van der Waals surface area contributed by atoms with Crippen LogP contribution < -0.4 is 5.32 Å². The summed E-state index contributed by atoms with van der Waals surface area (Å²) in [7, 11) is 0. The Hall–Kier alpha value is -1.96. The molecule has 1 rings (SSSR count). The summed E-state index contributed by atoms with van der Waals surface area (Å²) in [5.74, 6) is -3.42. The van der Waals surface area contributed by atoms with Gasteiger partial charge in [0.25, 0.3) is 0 Å². The molecule has 0 unspecified atom stereocenters. The van der Waals surface area contributed by atoms with Crippen molar-refractivity contribution in [3.05, 3.63) is 40.0 Å². The minimum atomic E-state index is -0.890. The van der Waals surface area contributed by atoms with Gasteiger partial charge in [0.2, 0.25) is 0 Å². The molecule has 0 heterocycles. The van der Waals surface area contributed by atoms with Crippen LogP contribution in [0.1, 0.15) is 20.3 Å². The van der Waals surface area contributed by atoms with Crippen molar-refractivity contribution in [1.82, 2.24) is 0 Å². The molecule has 0 aliphatic rings. The minimum absolute atomic E-state index is 0.0216. The smallest absolute Gasteiger partial charge is 0.347 e. The van der Waals surface area contributed by atoms with Gasteiger partial charge in [-0.1, -0.05) is 6.92 Å². The van der Waals surface area contributed by atoms with E-state index in [2.05, 4.69) is 21.2 Å². The fraction of sp³-hybridized carbons (Fsp3) is 0.333. The largest absolute Gasteiger partial charge is 0.462 e. The predicted octanol–water partition coefficient (Wildman–Crippen LogP) is 3.54. The molecule has 0 fully saturated rings. The fourth-order valence-electron chi connectivity index (χ4n) is 1.48. The van der Waals surface area contributed by atoms with Gasteiger partial charge >= 0.3 is 11.9 Å². The quantitative estimate of drug-likeness (QED) is 0.253. The summed E-state index contributed by atoms with van der Waals surface area (Å²) < 4.78 is 36.2. The highest BCUT2D eigenvalue weighted by molar-refractivity contribution is 9.10. The summed E-state index contributed by atoms with van der Waals surface area (Å²) in [6.45, 7) is 3.59. The van der Waals surface area contributed by atoms with Crippen LogP contribution in [-0.2, 0) is 19.1 Å². The van der Waals surface area contributed by atoms with Crippen LogP contribution in [0.15, 0.2) is 28.4 Å². The number of hydrogen-bond donors (Lipinski definition) is 1. The molecule has 0 amide bonds. The van der Waals surface area contributed by atoms with Crippen LogP contribution in [0.2, 0.25) is 0 Å². The number of halogens is 3. The van der Waals surface area contributed by atoms with Crippen molar-refractivity contribution in [3.8, 4) is 0 Å². The molecule has 126 valence electrons. The molecule has 0 spiro atoms. The Morgan fingerprint density at radius 3 is 2.26 bits per heavy atom. The number of carbonyl (C=O) groups excluding carboxylic acids is 2. The first-order chi connectivity index (χ1) is 10.9. The lowest BCUT2D eigenvalue weighted by molar-refractivity contribution is -0.146. The van der Waals surface area contributed by atoms with Crippen LogP contribution in [0.3, 0.4) is 0 Å². The molecule has 0 atom stereocenters. The number of benzene rings is 1. The molecular weight excluding hydrogens is 376 g/mol. The molecule has 1 N–H and O–H groups in total. The van der Waals surface area contributed by atoms with E-state index in [-0.39, 0.29) is 23.4 Å². The Morgan fingerprint density at radius 2 is 1.74 bits per heavy atom. The van der Waals surface area contributed by atoms with Crippen LogP contribution in [0.5, 0.6) is 0 Å². The summed E-state index contributed by atoms with van der Waals surface area (Å²) in [4.78, 5) is 23.6. The minimum Gasteiger partial charge on any atom is -0.462 e. The lowest BCUT2D eigenvalue weighted by Gasteiger charge is -2.09. The molecule has 1 aromatic carbocycles. The van der Waals surface area contributed by atoms with Gasteiger partial charge < -0.3 is 14.8 Å². The third kappa shape index (κ3) is 5.63.